The lowest BCUT2D eigenvalue weighted by molar-refractivity contribution is -0.192. The zero-order chi connectivity index (χ0) is 20.6. The molecule has 1 aliphatic heterocycles. The van der Waals surface area contributed by atoms with Gasteiger partial charge in [0.2, 0.25) is 0 Å². The van der Waals surface area contributed by atoms with Gasteiger partial charge in [-0.05, 0) is 56.7 Å². The van der Waals surface area contributed by atoms with Gasteiger partial charge in [0.25, 0.3) is 0 Å². The van der Waals surface area contributed by atoms with Crippen LogP contribution in [0.1, 0.15) is 55.6 Å². The van der Waals surface area contributed by atoms with Crippen molar-refractivity contribution in [1.29, 1.82) is 0 Å². The van der Waals surface area contributed by atoms with Crippen molar-refractivity contribution in [3.8, 4) is 0 Å². The molecule has 1 fully saturated rings. The third kappa shape index (κ3) is 5.31. The minimum atomic E-state index is -0.155. The average molecular weight is 408 g/mol. The first kappa shape index (κ1) is 21.1. The van der Waals surface area contributed by atoms with Gasteiger partial charge in [-0.15, -0.1) is 0 Å². The van der Waals surface area contributed by atoms with E-state index in [9.17, 15) is 0 Å². The van der Waals surface area contributed by atoms with Crippen LogP contribution in [0.4, 0.5) is 0 Å². The van der Waals surface area contributed by atoms with Crippen LogP contribution in [0.15, 0.2) is 59.0 Å². The summed E-state index contributed by atoms with van der Waals surface area (Å²) in [6.45, 7) is 4.65. The molecule has 0 radical (unpaired) electrons. The monoisotopic (exact) mass is 407 g/mol. The summed E-state index contributed by atoms with van der Waals surface area (Å²) in [5.74, 6) is 0.949. The van der Waals surface area contributed by atoms with E-state index in [4.69, 9.17) is 13.9 Å². The number of aryl methyl sites for hydroxylation is 2. The van der Waals surface area contributed by atoms with E-state index in [0.29, 0.717) is 0 Å². The third-order valence-corrected chi connectivity index (χ3v) is 5.74. The lowest BCUT2D eigenvalue weighted by Gasteiger charge is -2.27. The zero-order valence-electron chi connectivity index (χ0n) is 17.9. The van der Waals surface area contributed by atoms with Crippen LogP contribution in [-0.4, -0.2) is 26.0 Å². The molecule has 3 aromatic rings. The number of hydrogen-bond donors (Lipinski definition) is 1. The molecule has 4 nitrogen and oxygen atoms in total. The molecule has 4 heteroatoms. The lowest BCUT2D eigenvalue weighted by Crippen LogP contribution is -2.30. The second kappa shape index (κ2) is 10.8. The third-order valence-electron chi connectivity index (χ3n) is 5.74. The molecule has 4 rings (SSSR count). The average Bonchev–Trinajstić information content (AvgIpc) is 3.17. The van der Waals surface area contributed by atoms with Crippen molar-refractivity contribution >= 4 is 11.0 Å². The van der Waals surface area contributed by atoms with E-state index in [1.54, 1.807) is 0 Å². The largest absolute Gasteiger partial charge is 0.458 e. The van der Waals surface area contributed by atoms with E-state index >= 15 is 0 Å². The van der Waals surface area contributed by atoms with Crippen molar-refractivity contribution < 1.29 is 13.9 Å². The molecule has 0 saturated carbocycles. The quantitative estimate of drug-likeness (QED) is 0.431. The maximum Gasteiger partial charge on any atom is 0.158 e. The maximum absolute atomic E-state index is 6.47. The molecular formula is C26H33NO3. The fourth-order valence-electron chi connectivity index (χ4n) is 4.16. The first-order valence-corrected chi connectivity index (χ1v) is 11.4. The Kier molecular flexibility index (Phi) is 7.57. The Hall–Kier alpha value is -2.14. The predicted molar refractivity (Wildman–Crippen MR) is 121 cm³/mol. The van der Waals surface area contributed by atoms with Crippen molar-refractivity contribution in [2.45, 2.75) is 57.8 Å². The Morgan fingerprint density at radius 2 is 1.87 bits per heavy atom. The van der Waals surface area contributed by atoms with Gasteiger partial charge in [-0.25, -0.2) is 0 Å². The van der Waals surface area contributed by atoms with Crippen LogP contribution in [0.5, 0.6) is 0 Å². The van der Waals surface area contributed by atoms with Gasteiger partial charge in [0, 0.05) is 24.1 Å². The molecule has 1 N–H and O–H groups in total. The minimum absolute atomic E-state index is 0.151. The van der Waals surface area contributed by atoms with Crippen molar-refractivity contribution in [1.82, 2.24) is 5.32 Å². The van der Waals surface area contributed by atoms with Crippen LogP contribution in [0.2, 0.25) is 0 Å². The van der Waals surface area contributed by atoms with Gasteiger partial charge in [-0.3, -0.25) is 0 Å². The highest BCUT2D eigenvalue weighted by atomic mass is 16.7. The summed E-state index contributed by atoms with van der Waals surface area (Å²) in [5.41, 5.74) is 3.53. The SMILES string of the molecule is CCCNCC(OC1CCCCO1)c1oc2ccccc2c1CCc1ccccc1. The van der Waals surface area contributed by atoms with Crippen molar-refractivity contribution in [2.75, 3.05) is 19.7 Å². The molecule has 0 amide bonds. The molecule has 30 heavy (non-hydrogen) atoms. The molecule has 2 unspecified atom stereocenters. The van der Waals surface area contributed by atoms with Gasteiger partial charge in [-0.1, -0.05) is 55.5 Å². The number of para-hydroxylation sites is 1. The van der Waals surface area contributed by atoms with Crippen molar-refractivity contribution in [2.24, 2.45) is 0 Å². The number of hydrogen-bond acceptors (Lipinski definition) is 4. The van der Waals surface area contributed by atoms with Crippen LogP contribution >= 0.6 is 0 Å². The molecule has 2 atom stereocenters. The van der Waals surface area contributed by atoms with E-state index in [2.05, 4.69) is 60.8 Å². The number of fused-ring (bicyclic) bond motifs is 1. The van der Waals surface area contributed by atoms with Gasteiger partial charge in [0.05, 0.1) is 0 Å². The number of furan rings is 1. The Morgan fingerprint density at radius 1 is 1.03 bits per heavy atom. The van der Waals surface area contributed by atoms with Crippen molar-refractivity contribution in [3.63, 3.8) is 0 Å². The summed E-state index contributed by atoms with van der Waals surface area (Å²) in [6.07, 6.45) is 5.91. The fraction of sp³-hybridized carbons (Fsp3) is 0.462. The molecule has 1 aliphatic rings. The normalized spacial score (nSPS) is 18.0. The Morgan fingerprint density at radius 3 is 2.67 bits per heavy atom. The first-order valence-electron chi connectivity index (χ1n) is 11.4. The van der Waals surface area contributed by atoms with Crippen LogP contribution in [0.3, 0.4) is 0 Å². The second-order valence-electron chi connectivity index (χ2n) is 8.05. The molecule has 1 aromatic heterocycles. The summed E-state index contributed by atoms with van der Waals surface area (Å²) < 4.78 is 18.8. The molecule has 2 heterocycles. The van der Waals surface area contributed by atoms with Gasteiger partial charge < -0.3 is 19.2 Å². The zero-order valence-corrected chi connectivity index (χ0v) is 17.9. The highest BCUT2D eigenvalue weighted by Gasteiger charge is 2.27. The lowest BCUT2D eigenvalue weighted by atomic mass is 9.99. The Balaban J connectivity index is 1.61. The van der Waals surface area contributed by atoms with Gasteiger partial charge in [-0.2, -0.15) is 0 Å². The molecule has 0 spiro atoms. The van der Waals surface area contributed by atoms with E-state index in [1.807, 2.05) is 6.07 Å². The summed E-state index contributed by atoms with van der Waals surface area (Å²) in [6, 6.07) is 19.0. The van der Waals surface area contributed by atoms with Crippen LogP contribution in [-0.2, 0) is 22.3 Å². The van der Waals surface area contributed by atoms with Crippen molar-refractivity contribution in [3.05, 3.63) is 71.5 Å². The minimum Gasteiger partial charge on any atom is -0.458 e. The van der Waals surface area contributed by atoms with Crippen LogP contribution < -0.4 is 5.32 Å². The molecule has 0 bridgehead atoms. The molecule has 0 aliphatic carbocycles. The number of rotatable bonds is 10. The van der Waals surface area contributed by atoms with E-state index in [-0.39, 0.29) is 12.4 Å². The number of benzene rings is 2. The number of nitrogens with one attached hydrogen (secondary N) is 1. The standard InChI is InChI=1S/C26H33NO3/c1-2-17-27-19-24(29-25-14-8-9-18-28-25)26-22(16-15-20-10-4-3-5-11-20)21-12-6-7-13-23(21)30-26/h3-7,10-13,24-25,27H,2,8-9,14-19H2,1H3. The smallest absolute Gasteiger partial charge is 0.158 e. The highest BCUT2D eigenvalue weighted by Crippen LogP contribution is 2.34. The highest BCUT2D eigenvalue weighted by molar-refractivity contribution is 5.82. The van der Waals surface area contributed by atoms with E-state index in [1.165, 1.54) is 16.5 Å². The molecular weight excluding hydrogens is 374 g/mol. The molecule has 2 aromatic carbocycles. The number of ether oxygens (including phenoxy) is 2. The summed E-state index contributed by atoms with van der Waals surface area (Å²) >= 11 is 0. The summed E-state index contributed by atoms with van der Waals surface area (Å²) in [4.78, 5) is 0. The van der Waals surface area contributed by atoms with Gasteiger partial charge in [0.1, 0.15) is 17.4 Å². The molecule has 1 saturated heterocycles. The van der Waals surface area contributed by atoms with Gasteiger partial charge in [0.15, 0.2) is 6.29 Å². The summed E-state index contributed by atoms with van der Waals surface area (Å²) in [5, 5.41) is 4.72. The fourth-order valence-corrected chi connectivity index (χ4v) is 4.16. The van der Waals surface area contributed by atoms with Gasteiger partial charge >= 0.3 is 0 Å². The van der Waals surface area contributed by atoms with Crippen LogP contribution in [0, 0.1) is 0 Å². The maximum atomic E-state index is 6.47. The molecule has 160 valence electrons. The Bertz CT molecular complexity index is 899. The summed E-state index contributed by atoms with van der Waals surface area (Å²) in [7, 11) is 0. The topological polar surface area (TPSA) is 43.6 Å². The second-order valence-corrected chi connectivity index (χ2v) is 8.05. The van der Waals surface area contributed by atoms with Crippen LogP contribution in [0.25, 0.3) is 11.0 Å². The van der Waals surface area contributed by atoms with E-state index in [0.717, 1.165) is 69.6 Å². The first-order chi connectivity index (χ1) is 14.8. The predicted octanol–water partition coefficient (Wildman–Crippen LogP) is 5.80. The van der Waals surface area contributed by atoms with E-state index < -0.39 is 0 Å². The Labute approximate surface area is 179 Å².